The maximum absolute atomic E-state index is 13.9. The van der Waals surface area contributed by atoms with Crippen molar-refractivity contribution in [2.75, 3.05) is 5.32 Å². The van der Waals surface area contributed by atoms with E-state index in [2.05, 4.69) is 29.4 Å². The number of carbonyl (C=O) groups is 1. The van der Waals surface area contributed by atoms with Crippen molar-refractivity contribution in [1.29, 1.82) is 0 Å². The normalized spacial score (nSPS) is 25.1. The van der Waals surface area contributed by atoms with Crippen LogP contribution >= 0.6 is 0 Å². The van der Waals surface area contributed by atoms with Gasteiger partial charge in [-0.2, -0.15) is 5.10 Å². The molecule has 0 amide bonds. The van der Waals surface area contributed by atoms with Gasteiger partial charge in [-0.15, -0.1) is 0 Å². The average Bonchev–Trinajstić information content (AvgIpc) is 2.94. The number of aromatic nitrogens is 2. The number of ketones is 1. The summed E-state index contributed by atoms with van der Waals surface area (Å²) in [5, 5.41) is 10.5. The third-order valence-electron chi connectivity index (χ3n) is 5.23. The summed E-state index contributed by atoms with van der Waals surface area (Å²) in [6.07, 6.45) is 2.99. The van der Waals surface area contributed by atoms with E-state index in [-0.39, 0.29) is 17.0 Å². The van der Waals surface area contributed by atoms with Gasteiger partial charge in [0.2, 0.25) is 0 Å². The fourth-order valence-electron chi connectivity index (χ4n) is 4.15. The zero-order valence-electron chi connectivity index (χ0n) is 14.0. The zero-order valence-corrected chi connectivity index (χ0v) is 14.0. The van der Waals surface area contributed by atoms with Crippen LogP contribution in [0.2, 0.25) is 0 Å². The molecule has 5 heteroatoms. The molecular formula is C19H20FN3O. The Kier molecular flexibility index (Phi) is 3.02. The van der Waals surface area contributed by atoms with E-state index in [0.29, 0.717) is 6.42 Å². The predicted molar refractivity (Wildman–Crippen MR) is 90.1 cm³/mol. The van der Waals surface area contributed by atoms with Gasteiger partial charge in [0.15, 0.2) is 5.78 Å². The van der Waals surface area contributed by atoms with Crippen LogP contribution in [-0.2, 0) is 10.2 Å². The highest BCUT2D eigenvalue weighted by Gasteiger charge is 2.48. The lowest BCUT2D eigenvalue weighted by Crippen LogP contribution is -2.41. The summed E-state index contributed by atoms with van der Waals surface area (Å²) in [6, 6.07) is 6.50. The van der Waals surface area contributed by atoms with E-state index in [1.165, 1.54) is 12.1 Å². The third kappa shape index (κ3) is 2.04. The zero-order chi connectivity index (χ0) is 17.1. The van der Waals surface area contributed by atoms with Gasteiger partial charge in [0.25, 0.3) is 0 Å². The molecule has 4 rings (SSSR count). The van der Waals surface area contributed by atoms with Gasteiger partial charge >= 0.3 is 0 Å². The second-order valence-electron chi connectivity index (χ2n) is 7.71. The van der Waals surface area contributed by atoms with Crippen molar-refractivity contribution in [2.45, 2.75) is 39.0 Å². The Hall–Kier alpha value is -2.43. The number of rotatable bonds is 1. The van der Waals surface area contributed by atoms with Gasteiger partial charge in [-0.1, -0.05) is 26.0 Å². The molecule has 2 aromatic rings. The largest absolute Gasteiger partial charge is 0.343 e. The molecule has 0 radical (unpaired) electrons. The van der Waals surface area contributed by atoms with Crippen molar-refractivity contribution in [3.8, 4) is 0 Å². The molecule has 1 aliphatic heterocycles. The number of hydrogen-bond donors (Lipinski definition) is 2. The van der Waals surface area contributed by atoms with Crippen molar-refractivity contribution in [3.05, 3.63) is 58.7 Å². The molecule has 1 aliphatic carbocycles. The van der Waals surface area contributed by atoms with Gasteiger partial charge in [0.05, 0.1) is 11.6 Å². The van der Waals surface area contributed by atoms with Crippen molar-refractivity contribution in [2.24, 2.45) is 5.41 Å². The number of fused-ring (bicyclic) bond motifs is 1. The summed E-state index contributed by atoms with van der Waals surface area (Å²) in [5.41, 5.74) is 2.50. The Morgan fingerprint density at radius 2 is 2.00 bits per heavy atom. The lowest BCUT2D eigenvalue weighted by Gasteiger charge is -2.43. The first-order valence-electron chi connectivity index (χ1n) is 8.15. The van der Waals surface area contributed by atoms with Crippen LogP contribution in [0.4, 0.5) is 10.2 Å². The van der Waals surface area contributed by atoms with Crippen LogP contribution in [0.25, 0.3) is 0 Å². The SMILES string of the molecule is CC1(C)CC(=O)C2=C(C1)Nc1[nH]ncc1[C@]2(C)c1cccc(F)c1. The minimum absolute atomic E-state index is 0.0940. The van der Waals surface area contributed by atoms with E-state index < -0.39 is 5.41 Å². The van der Waals surface area contributed by atoms with Gasteiger partial charge in [-0.05, 0) is 36.5 Å². The van der Waals surface area contributed by atoms with E-state index in [4.69, 9.17) is 0 Å². The van der Waals surface area contributed by atoms with Gasteiger partial charge in [0, 0.05) is 23.3 Å². The molecule has 4 nitrogen and oxygen atoms in total. The number of allylic oxidation sites excluding steroid dienone is 2. The number of nitrogens with one attached hydrogen (secondary N) is 2. The van der Waals surface area contributed by atoms with E-state index in [9.17, 15) is 9.18 Å². The number of aromatic amines is 1. The lowest BCUT2D eigenvalue weighted by molar-refractivity contribution is -0.118. The number of halogens is 1. The number of anilines is 1. The van der Waals surface area contributed by atoms with Gasteiger partial charge < -0.3 is 5.32 Å². The van der Waals surface area contributed by atoms with E-state index in [1.54, 1.807) is 12.3 Å². The molecule has 0 saturated carbocycles. The highest BCUT2D eigenvalue weighted by molar-refractivity contribution is 6.02. The smallest absolute Gasteiger partial charge is 0.162 e. The topological polar surface area (TPSA) is 57.8 Å². The van der Waals surface area contributed by atoms with Crippen LogP contribution in [0.15, 0.2) is 41.7 Å². The molecule has 24 heavy (non-hydrogen) atoms. The molecule has 2 heterocycles. The Morgan fingerprint density at radius 1 is 1.21 bits per heavy atom. The fraction of sp³-hybridized carbons (Fsp3) is 0.368. The molecule has 0 unspecified atom stereocenters. The van der Waals surface area contributed by atoms with E-state index >= 15 is 0 Å². The minimum Gasteiger partial charge on any atom is -0.343 e. The Bertz CT molecular complexity index is 880. The van der Waals surface area contributed by atoms with Crippen molar-refractivity contribution < 1.29 is 9.18 Å². The number of Topliss-reactive ketones (excluding diaryl/α,β-unsaturated/α-hetero) is 1. The first kappa shape index (κ1) is 15.1. The summed E-state index contributed by atoms with van der Waals surface area (Å²) in [6.45, 7) is 6.18. The summed E-state index contributed by atoms with van der Waals surface area (Å²) < 4.78 is 13.9. The number of carbonyl (C=O) groups excluding carboxylic acids is 1. The molecule has 2 N–H and O–H groups in total. The summed E-state index contributed by atoms with van der Waals surface area (Å²) in [4.78, 5) is 13.0. The molecular weight excluding hydrogens is 305 g/mol. The lowest BCUT2D eigenvalue weighted by atomic mass is 9.62. The van der Waals surface area contributed by atoms with Crippen LogP contribution in [0.1, 0.15) is 44.7 Å². The molecule has 1 atom stereocenters. The summed E-state index contributed by atoms with van der Waals surface area (Å²) in [5.74, 6) is 0.599. The van der Waals surface area contributed by atoms with Gasteiger partial charge in [-0.25, -0.2) is 4.39 Å². The predicted octanol–water partition coefficient (Wildman–Crippen LogP) is 3.92. The fourth-order valence-corrected chi connectivity index (χ4v) is 4.15. The minimum atomic E-state index is -0.710. The van der Waals surface area contributed by atoms with Crippen molar-refractivity contribution in [1.82, 2.24) is 10.2 Å². The van der Waals surface area contributed by atoms with Gasteiger partial charge in [-0.3, -0.25) is 9.89 Å². The number of hydrogen-bond acceptors (Lipinski definition) is 3. The number of nitrogens with zero attached hydrogens (tertiary/aromatic N) is 1. The van der Waals surface area contributed by atoms with Crippen LogP contribution in [-0.4, -0.2) is 16.0 Å². The number of H-pyrrole nitrogens is 1. The molecule has 0 bridgehead atoms. The molecule has 1 aromatic carbocycles. The average molecular weight is 325 g/mol. The van der Waals surface area contributed by atoms with E-state index in [0.717, 1.165) is 34.6 Å². The Morgan fingerprint density at radius 3 is 2.75 bits per heavy atom. The molecule has 124 valence electrons. The van der Waals surface area contributed by atoms with E-state index in [1.807, 2.05) is 13.0 Å². The first-order chi connectivity index (χ1) is 11.3. The van der Waals surface area contributed by atoms with Gasteiger partial charge in [0.1, 0.15) is 11.6 Å². The molecule has 2 aliphatic rings. The third-order valence-corrected chi connectivity index (χ3v) is 5.23. The highest BCUT2D eigenvalue weighted by Crippen LogP contribution is 2.51. The molecule has 0 fully saturated rings. The van der Waals surface area contributed by atoms with Crippen molar-refractivity contribution >= 4 is 11.6 Å². The summed E-state index contributed by atoms with van der Waals surface area (Å²) in [7, 11) is 0. The van der Waals surface area contributed by atoms with Crippen LogP contribution in [0, 0.1) is 11.2 Å². The highest BCUT2D eigenvalue weighted by atomic mass is 19.1. The molecule has 0 saturated heterocycles. The van der Waals surface area contributed by atoms with Crippen LogP contribution in [0.3, 0.4) is 0 Å². The van der Waals surface area contributed by atoms with Crippen LogP contribution in [0.5, 0.6) is 0 Å². The standard InChI is InChI=1S/C19H20FN3O/c1-18(2)8-14-16(15(24)9-18)19(3,11-5-4-6-12(20)7-11)13-10-21-23-17(13)22-14/h4-7,10H,8-9H2,1-3H3,(H2,21,22,23)/t19-/m0/s1. The molecule has 0 spiro atoms. The quantitative estimate of drug-likeness (QED) is 0.835. The van der Waals surface area contributed by atoms with Crippen molar-refractivity contribution in [3.63, 3.8) is 0 Å². The monoisotopic (exact) mass is 325 g/mol. The second kappa shape index (κ2) is 4.79. The first-order valence-corrected chi connectivity index (χ1v) is 8.15. The molecule has 1 aromatic heterocycles. The maximum Gasteiger partial charge on any atom is 0.162 e. The Balaban J connectivity index is 2.00. The second-order valence-corrected chi connectivity index (χ2v) is 7.71. The maximum atomic E-state index is 13.9. The summed E-state index contributed by atoms with van der Waals surface area (Å²) >= 11 is 0. The van der Waals surface area contributed by atoms with Crippen LogP contribution < -0.4 is 5.32 Å². The number of benzene rings is 1. The Labute approximate surface area is 140 Å².